The van der Waals surface area contributed by atoms with Crippen molar-refractivity contribution in [2.24, 2.45) is 5.10 Å². The van der Waals surface area contributed by atoms with Crippen LogP contribution < -0.4 is 5.43 Å². The standard InChI is InChI=1S/C12H10N2S/c1-2-5-10-9(4-1)8-13-14-12(10)11-6-3-7-15-11/h1-8,12,14H. The predicted octanol–water partition coefficient (Wildman–Crippen LogP) is 2.77. The van der Waals surface area contributed by atoms with Crippen molar-refractivity contribution in [2.45, 2.75) is 6.04 Å². The van der Waals surface area contributed by atoms with Gasteiger partial charge in [-0.3, -0.25) is 5.43 Å². The Kier molecular flexibility index (Phi) is 2.03. The van der Waals surface area contributed by atoms with Gasteiger partial charge in [0, 0.05) is 10.4 Å². The summed E-state index contributed by atoms with van der Waals surface area (Å²) < 4.78 is 0. The summed E-state index contributed by atoms with van der Waals surface area (Å²) in [4.78, 5) is 1.30. The van der Waals surface area contributed by atoms with E-state index in [1.807, 2.05) is 12.3 Å². The van der Waals surface area contributed by atoms with Gasteiger partial charge in [0.15, 0.2) is 0 Å². The van der Waals surface area contributed by atoms with Crippen LogP contribution in [0.2, 0.25) is 0 Å². The van der Waals surface area contributed by atoms with Crippen LogP contribution in [0.3, 0.4) is 0 Å². The lowest BCUT2D eigenvalue weighted by atomic mass is 9.99. The van der Waals surface area contributed by atoms with Gasteiger partial charge in [0.25, 0.3) is 0 Å². The molecule has 1 unspecified atom stereocenters. The van der Waals surface area contributed by atoms with Gasteiger partial charge >= 0.3 is 0 Å². The minimum atomic E-state index is 0.214. The summed E-state index contributed by atoms with van der Waals surface area (Å²) in [6.07, 6.45) is 1.87. The molecule has 0 radical (unpaired) electrons. The third-order valence-corrected chi connectivity index (χ3v) is 3.48. The molecule has 1 aliphatic heterocycles. The van der Waals surface area contributed by atoms with E-state index in [1.165, 1.54) is 16.0 Å². The van der Waals surface area contributed by atoms with Gasteiger partial charge < -0.3 is 0 Å². The molecule has 2 nitrogen and oxygen atoms in total. The maximum Gasteiger partial charge on any atom is 0.104 e. The molecule has 0 saturated heterocycles. The number of hydrogen-bond acceptors (Lipinski definition) is 3. The van der Waals surface area contributed by atoms with E-state index in [-0.39, 0.29) is 6.04 Å². The topological polar surface area (TPSA) is 24.4 Å². The highest BCUT2D eigenvalue weighted by molar-refractivity contribution is 7.10. The van der Waals surface area contributed by atoms with Crippen molar-refractivity contribution in [3.05, 3.63) is 57.8 Å². The number of thiophene rings is 1. The Bertz CT molecular complexity index is 488. The SMILES string of the molecule is C1=NNC(c2cccs2)c2ccccc21. The molecule has 3 heteroatoms. The highest BCUT2D eigenvalue weighted by atomic mass is 32.1. The largest absolute Gasteiger partial charge is 0.297 e. The first-order valence-electron chi connectivity index (χ1n) is 4.86. The fourth-order valence-electron chi connectivity index (χ4n) is 1.81. The molecule has 0 aliphatic carbocycles. The molecule has 1 aromatic carbocycles. The summed E-state index contributed by atoms with van der Waals surface area (Å²) in [5, 5.41) is 6.28. The monoisotopic (exact) mass is 214 g/mol. The van der Waals surface area contributed by atoms with Crippen LogP contribution in [-0.4, -0.2) is 6.21 Å². The Morgan fingerprint density at radius 1 is 1.13 bits per heavy atom. The number of nitrogens with zero attached hydrogens (tertiary/aromatic N) is 1. The molecule has 3 rings (SSSR count). The molecule has 1 atom stereocenters. The van der Waals surface area contributed by atoms with E-state index in [0.29, 0.717) is 0 Å². The van der Waals surface area contributed by atoms with Gasteiger partial charge in [-0.25, -0.2) is 0 Å². The van der Waals surface area contributed by atoms with Gasteiger partial charge in [0.1, 0.15) is 6.04 Å². The first-order chi connectivity index (χ1) is 7.45. The Hall–Kier alpha value is -1.61. The lowest BCUT2D eigenvalue weighted by Crippen LogP contribution is -2.21. The van der Waals surface area contributed by atoms with Crippen LogP contribution in [0.5, 0.6) is 0 Å². The summed E-state index contributed by atoms with van der Waals surface area (Å²) in [6, 6.07) is 12.8. The molecular weight excluding hydrogens is 204 g/mol. The zero-order chi connectivity index (χ0) is 10.1. The van der Waals surface area contributed by atoms with Crippen molar-refractivity contribution < 1.29 is 0 Å². The fraction of sp³-hybridized carbons (Fsp3) is 0.0833. The first-order valence-corrected chi connectivity index (χ1v) is 5.74. The summed E-state index contributed by atoms with van der Waals surface area (Å²) in [5.41, 5.74) is 5.66. The van der Waals surface area contributed by atoms with Crippen LogP contribution in [0.15, 0.2) is 46.9 Å². The molecule has 0 saturated carbocycles. The molecule has 0 amide bonds. The van der Waals surface area contributed by atoms with Crippen molar-refractivity contribution in [3.63, 3.8) is 0 Å². The molecule has 0 spiro atoms. The second-order valence-electron chi connectivity index (χ2n) is 3.46. The summed E-state index contributed by atoms with van der Waals surface area (Å²) in [7, 11) is 0. The van der Waals surface area contributed by atoms with Crippen molar-refractivity contribution in [1.82, 2.24) is 5.43 Å². The minimum Gasteiger partial charge on any atom is -0.297 e. The maximum absolute atomic E-state index is 4.19. The van der Waals surface area contributed by atoms with E-state index in [9.17, 15) is 0 Å². The summed E-state index contributed by atoms with van der Waals surface area (Å²) in [6.45, 7) is 0. The molecule has 1 N–H and O–H groups in total. The van der Waals surface area contributed by atoms with Gasteiger partial charge in [0.05, 0.1) is 6.21 Å². The molecule has 0 fully saturated rings. The highest BCUT2D eigenvalue weighted by Gasteiger charge is 2.19. The second kappa shape index (κ2) is 3.51. The molecule has 2 heterocycles. The van der Waals surface area contributed by atoms with Gasteiger partial charge in [-0.2, -0.15) is 5.10 Å². The van der Waals surface area contributed by atoms with Crippen LogP contribution in [-0.2, 0) is 0 Å². The third-order valence-electron chi connectivity index (χ3n) is 2.54. The average molecular weight is 214 g/mol. The normalized spacial score (nSPS) is 18.3. The average Bonchev–Trinajstić information content (AvgIpc) is 2.82. The van der Waals surface area contributed by atoms with E-state index >= 15 is 0 Å². The molecule has 1 aliphatic rings. The van der Waals surface area contributed by atoms with Crippen LogP contribution in [0, 0.1) is 0 Å². The molecule has 1 aromatic heterocycles. The summed E-state index contributed by atoms with van der Waals surface area (Å²) >= 11 is 1.76. The van der Waals surface area contributed by atoms with Crippen LogP contribution in [0.1, 0.15) is 22.0 Å². The number of benzene rings is 1. The lowest BCUT2D eigenvalue weighted by Gasteiger charge is -2.21. The highest BCUT2D eigenvalue weighted by Crippen LogP contribution is 2.29. The van der Waals surface area contributed by atoms with Crippen molar-refractivity contribution in [1.29, 1.82) is 0 Å². The quantitative estimate of drug-likeness (QED) is 0.775. The molecular formula is C12H10N2S. The smallest absolute Gasteiger partial charge is 0.104 e. The molecule has 74 valence electrons. The van der Waals surface area contributed by atoms with Crippen LogP contribution in [0.25, 0.3) is 0 Å². The van der Waals surface area contributed by atoms with E-state index in [2.05, 4.69) is 46.2 Å². The van der Waals surface area contributed by atoms with Crippen LogP contribution in [0.4, 0.5) is 0 Å². The zero-order valence-electron chi connectivity index (χ0n) is 8.05. The number of rotatable bonds is 1. The molecule has 2 aromatic rings. The first kappa shape index (κ1) is 8.68. The lowest BCUT2D eigenvalue weighted by molar-refractivity contribution is 0.641. The van der Waals surface area contributed by atoms with Gasteiger partial charge in [-0.1, -0.05) is 30.3 Å². The Morgan fingerprint density at radius 2 is 2.07 bits per heavy atom. The Labute approximate surface area is 92.3 Å². The number of fused-ring (bicyclic) bond motifs is 1. The van der Waals surface area contributed by atoms with Crippen molar-refractivity contribution >= 4 is 17.6 Å². The van der Waals surface area contributed by atoms with Crippen molar-refractivity contribution in [3.8, 4) is 0 Å². The van der Waals surface area contributed by atoms with Gasteiger partial charge in [-0.15, -0.1) is 11.3 Å². The summed E-state index contributed by atoms with van der Waals surface area (Å²) in [5.74, 6) is 0. The maximum atomic E-state index is 4.19. The van der Waals surface area contributed by atoms with E-state index < -0.39 is 0 Å². The predicted molar refractivity (Wildman–Crippen MR) is 63.3 cm³/mol. The third kappa shape index (κ3) is 1.45. The van der Waals surface area contributed by atoms with Gasteiger partial charge in [0.2, 0.25) is 0 Å². The molecule has 0 bridgehead atoms. The van der Waals surface area contributed by atoms with Crippen molar-refractivity contribution in [2.75, 3.05) is 0 Å². The zero-order valence-corrected chi connectivity index (χ0v) is 8.87. The Balaban J connectivity index is 2.10. The fourth-order valence-corrected chi connectivity index (χ4v) is 2.60. The molecule has 15 heavy (non-hydrogen) atoms. The van der Waals surface area contributed by atoms with E-state index in [1.54, 1.807) is 11.3 Å². The van der Waals surface area contributed by atoms with Gasteiger partial charge in [-0.05, 0) is 17.0 Å². The van der Waals surface area contributed by atoms with E-state index in [4.69, 9.17) is 0 Å². The van der Waals surface area contributed by atoms with E-state index in [0.717, 1.165) is 0 Å². The number of hydrazone groups is 1. The number of nitrogens with one attached hydrogen (secondary N) is 1. The second-order valence-corrected chi connectivity index (χ2v) is 4.44. The minimum absolute atomic E-state index is 0.214. The Morgan fingerprint density at radius 3 is 2.93 bits per heavy atom. The van der Waals surface area contributed by atoms with Crippen LogP contribution >= 0.6 is 11.3 Å². The number of hydrogen-bond donors (Lipinski definition) is 1.